The summed E-state index contributed by atoms with van der Waals surface area (Å²) in [5.74, 6) is -1.18. The van der Waals surface area contributed by atoms with Gasteiger partial charge in [0.05, 0.1) is 37.6 Å². The standard InChI is InChI=1S/C46H46O11/c1-49-45-42(40(56-44(48)36-25-15-6-16-26-36)38(54-45)31-53-43(47)35-23-13-5-14-24-35)57-46-41(52-29-34-21-11-4-12-22-34)39(51-28-33-19-9-3-10-20-33)37(55-46)30-50-27-32-17-7-2-8-18-32/h2-26,37-42,45-46H,27-31H2,1H3/t37-,38-,39-,40-,41+,42+,45+,46+/m1/s1. The molecule has 8 atom stereocenters. The Morgan fingerprint density at radius 2 is 0.947 bits per heavy atom. The summed E-state index contributed by atoms with van der Waals surface area (Å²) < 4.78 is 56.7. The molecule has 0 amide bonds. The van der Waals surface area contributed by atoms with Crippen LogP contribution in [0.5, 0.6) is 0 Å². The molecule has 5 aromatic carbocycles. The van der Waals surface area contributed by atoms with E-state index in [0.717, 1.165) is 16.7 Å². The first-order chi connectivity index (χ1) is 28.1. The van der Waals surface area contributed by atoms with Crippen molar-refractivity contribution in [2.45, 2.75) is 69.0 Å². The number of carbonyl (C=O) groups is 2. The van der Waals surface area contributed by atoms with E-state index in [2.05, 4.69) is 0 Å². The Morgan fingerprint density at radius 1 is 0.491 bits per heavy atom. The average Bonchev–Trinajstić information content (AvgIpc) is 3.77. The highest BCUT2D eigenvalue weighted by atomic mass is 16.8. The highest BCUT2D eigenvalue weighted by Crippen LogP contribution is 2.36. The van der Waals surface area contributed by atoms with E-state index in [9.17, 15) is 9.59 Å². The van der Waals surface area contributed by atoms with Crippen molar-refractivity contribution < 1.29 is 52.2 Å². The normalized spacial score (nSPS) is 24.2. The number of esters is 2. The van der Waals surface area contributed by atoms with Crippen molar-refractivity contribution >= 4 is 11.9 Å². The second kappa shape index (κ2) is 20.3. The highest BCUT2D eigenvalue weighted by molar-refractivity contribution is 5.90. The van der Waals surface area contributed by atoms with Crippen LogP contribution in [0.3, 0.4) is 0 Å². The Kier molecular flexibility index (Phi) is 14.2. The summed E-state index contributed by atoms with van der Waals surface area (Å²) in [5, 5.41) is 0. The van der Waals surface area contributed by atoms with Gasteiger partial charge in [-0.15, -0.1) is 0 Å². The monoisotopic (exact) mass is 774 g/mol. The molecule has 11 heteroatoms. The summed E-state index contributed by atoms with van der Waals surface area (Å²) in [6, 6.07) is 46.6. The minimum atomic E-state index is -1.10. The van der Waals surface area contributed by atoms with Gasteiger partial charge >= 0.3 is 11.9 Å². The van der Waals surface area contributed by atoms with E-state index in [0.29, 0.717) is 17.7 Å². The third-order valence-corrected chi connectivity index (χ3v) is 9.66. The molecule has 2 fully saturated rings. The number of benzene rings is 5. The fourth-order valence-corrected chi connectivity index (χ4v) is 6.75. The number of hydrogen-bond acceptors (Lipinski definition) is 11. The van der Waals surface area contributed by atoms with Crippen LogP contribution in [0.1, 0.15) is 37.4 Å². The van der Waals surface area contributed by atoms with Gasteiger partial charge in [-0.25, -0.2) is 9.59 Å². The van der Waals surface area contributed by atoms with Gasteiger partial charge in [0.25, 0.3) is 0 Å². The summed E-state index contributed by atoms with van der Waals surface area (Å²) in [6.45, 7) is 0.783. The molecular formula is C46H46O11. The molecule has 2 aliphatic rings. The molecule has 0 aromatic heterocycles. The van der Waals surface area contributed by atoms with Crippen LogP contribution < -0.4 is 0 Å². The van der Waals surface area contributed by atoms with Gasteiger partial charge in [-0.05, 0) is 41.0 Å². The van der Waals surface area contributed by atoms with Crippen LogP contribution in [0.15, 0.2) is 152 Å². The number of hydrogen-bond donors (Lipinski definition) is 0. The van der Waals surface area contributed by atoms with E-state index in [1.165, 1.54) is 7.11 Å². The lowest BCUT2D eigenvalue weighted by atomic mass is 10.1. The summed E-state index contributed by atoms with van der Waals surface area (Å²) in [6.07, 6.45) is -7.26. The lowest BCUT2D eigenvalue weighted by molar-refractivity contribution is -0.248. The molecule has 0 radical (unpaired) electrons. The Hall–Kier alpha value is -5.24. The van der Waals surface area contributed by atoms with E-state index < -0.39 is 61.1 Å². The van der Waals surface area contributed by atoms with Crippen molar-refractivity contribution in [3.8, 4) is 0 Å². The number of rotatable bonds is 18. The third-order valence-electron chi connectivity index (χ3n) is 9.66. The average molecular weight is 775 g/mol. The van der Waals surface area contributed by atoms with Crippen LogP contribution in [-0.2, 0) is 62.5 Å². The molecule has 57 heavy (non-hydrogen) atoms. The second-order valence-corrected chi connectivity index (χ2v) is 13.6. The first-order valence-electron chi connectivity index (χ1n) is 19.0. The molecule has 0 bridgehead atoms. The van der Waals surface area contributed by atoms with Gasteiger partial charge in [0.15, 0.2) is 24.8 Å². The summed E-state index contributed by atoms with van der Waals surface area (Å²) >= 11 is 0. The van der Waals surface area contributed by atoms with Crippen molar-refractivity contribution in [1.82, 2.24) is 0 Å². The summed E-state index contributed by atoms with van der Waals surface area (Å²) in [5.41, 5.74) is 3.61. The third kappa shape index (κ3) is 10.8. The summed E-state index contributed by atoms with van der Waals surface area (Å²) in [4.78, 5) is 26.6. The van der Waals surface area contributed by atoms with Gasteiger partial charge < -0.3 is 42.6 Å². The molecule has 11 nitrogen and oxygen atoms in total. The maximum absolute atomic E-state index is 13.6. The van der Waals surface area contributed by atoms with E-state index in [1.807, 2.05) is 91.0 Å². The zero-order valence-electron chi connectivity index (χ0n) is 31.6. The summed E-state index contributed by atoms with van der Waals surface area (Å²) in [7, 11) is 1.46. The van der Waals surface area contributed by atoms with Gasteiger partial charge in [0.1, 0.15) is 31.0 Å². The maximum Gasteiger partial charge on any atom is 0.338 e. The first-order valence-corrected chi connectivity index (χ1v) is 19.0. The van der Waals surface area contributed by atoms with Crippen LogP contribution in [0.4, 0.5) is 0 Å². The molecule has 0 N–H and O–H groups in total. The smallest absolute Gasteiger partial charge is 0.338 e. The van der Waals surface area contributed by atoms with E-state index in [1.54, 1.807) is 60.7 Å². The lowest BCUT2D eigenvalue weighted by Gasteiger charge is -2.29. The number of carbonyl (C=O) groups excluding carboxylic acids is 2. The molecule has 0 saturated carbocycles. The SMILES string of the molecule is CO[C@H]1O[C@H](COC(=O)c2ccccc2)[C@@H](OC(=O)c2ccccc2)[C@@H]1O[C@@H]1O[C@H](COCc2ccccc2)[C@@H](OCc2ccccc2)[C@@H]1OCc1ccccc1. The number of methoxy groups -OCH3 is 1. The number of ether oxygens (including phenoxy) is 9. The van der Waals surface area contributed by atoms with Gasteiger partial charge in [-0.2, -0.15) is 0 Å². The largest absolute Gasteiger partial charge is 0.459 e. The molecule has 5 aromatic rings. The minimum absolute atomic E-state index is 0.165. The van der Waals surface area contributed by atoms with Crippen molar-refractivity contribution in [2.24, 2.45) is 0 Å². The Bertz CT molecular complexity index is 1950. The van der Waals surface area contributed by atoms with Crippen molar-refractivity contribution in [1.29, 1.82) is 0 Å². The Balaban J connectivity index is 1.16. The molecule has 0 aliphatic carbocycles. The fourth-order valence-electron chi connectivity index (χ4n) is 6.75. The molecule has 0 unspecified atom stereocenters. The van der Waals surface area contributed by atoms with Crippen LogP contribution in [0.25, 0.3) is 0 Å². The van der Waals surface area contributed by atoms with Crippen LogP contribution in [0.2, 0.25) is 0 Å². The van der Waals surface area contributed by atoms with Crippen molar-refractivity contribution in [3.63, 3.8) is 0 Å². The van der Waals surface area contributed by atoms with Crippen LogP contribution >= 0.6 is 0 Å². The molecule has 7 rings (SSSR count). The topological polar surface area (TPSA) is 117 Å². The first kappa shape index (κ1) is 40.0. The fraction of sp³-hybridized carbons (Fsp3) is 0.304. The molecule has 2 heterocycles. The zero-order valence-corrected chi connectivity index (χ0v) is 31.6. The van der Waals surface area contributed by atoms with Gasteiger partial charge in [0, 0.05) is 7.11 Å². The predicted molar refractivity (Wildman–Crippen MR) is 208 cm³/mol. The van der Waals surface area contributed by atoms with E-state index in [-0.39, 0.29) is 26.4 Å². The molecule has 2 aliphatic heterocycles. The molecule has 2 saturated heterocycles. The van der Waals surface area contributed by atoms with Crippen molar-refractivity contribution in [2.75, 3.05) is 20.3 Å². The van der Waals surface area contributed by atoms with Crippen LogP contribution in [-0.4, -0.2) is 81.5 Å². The second-order valence-electron chi connectivity index (χ2n) is 13.6. The van der Waals surface area contributed by atoms with Gasteiger partial charge in [-0.3, -0.25) is 0 Å². The maximum atomic E-state index is 13.6. The van der Waals surface area contributed by atoms with Crippen molar-refractivity contribution in [3.05, 3.63) is 179 Å². The minimum Gasteiger partial charge on any atom is -0.459 e. The van der Waals surface area contributed by atoms with Crippen LogP contribution in [0, 0.1) is 0 Å². The zero-order chi connectivity index (χ0) is 39.2. The molecular weight excluding hydrogens is 728 g/mol. The Labute approximate surface area is 332 Å². The van der Waals surface area contributed by atoms with Gasteiger partial charge in [-0.1, -0.05) is 127 Å². The lowest BCUT2D eigenvalue weighted by Crippen LogP contribution is -2.46. The Morgan fingerprint density at radius 3 is 1.49 bits per heavy atom. The molecule has 0 spiro atoms. The highest BCUT2D eigenvalue weighted by Gasteiger charge is 2.54. The van der Waals surface area contributed by atoms with E-state index >= 15 is 0 Å². The van der Waals surface area contributed by atoms with Gasteiger partial charge in [0.2, 0.25) is 0 Å². The quantitative estimate of drug-likeness (QED) is 0.0863. The van der Waals surface area contributed by atoms with E-state index in [4.69, 9.17) is 42.6 Å². The molecule has 296 valence electrons. The predicted octanol–water partition coefficient (Wildman–Crippen LogP) is 6.94.